The molecule has 3 heteroatoms. The summed E-state index contributed by atoms with van der Waals surface area (Å²) >= 11 is 0. The Morgan fingerprint density at radius 2 is 1.93 bits per heavy atom. The van der Waals surface area contributed by atoms with E-state index < -0.39 is 0 Å². The Kier molecular flexibility index (Phi) is 6.72. The normalized spacial score (nSPS) is 11.9. The average molecular weight is 198 g/mol. The molecule has 1 unspecified atom stereocenters. The maximum atomic E-state index is 10.6. The number of hydrogen-bond acceptors (Lipinski definition) is 3. The number of aldehydes is 2. The Morgan fingerprint density at radius 3 is 2.36 bits per heavy atom. The molecule has 0 aliphatic carbocycles. The summed E-state index contributed by atoms with van der Waals surface area (Å²) in [6, 6.07) is 0. The lowest BCUT2D eigenvalue weighted by molar-refractivity contribution is -0.112. The molecule has 0 radical (unpaired) electrons. The van der Waals surface area contributed by atoms with Gasteiger partial charge in [-0.1, -0.05) is 0 Å². The van der Waals surface area contributed by atoms with Crippen molar-refractivity contribution in [2.24, 2.45) is 5.92 Å². The number of aliphatic hydroxyl groups excluding tert-OH is 1. The molecule has 0 aromatic heterocycles. The second-order valence-electron chi connectivity index (χ2n) is 3.63. The summed E-state index contributed by atoms with van der Waals surface area (Å²) in [5.74, 6) is 0.240. The van der Waals surface area contributed by atoms with E-state index in [9.17, 15) is 14.7 Å². The highest BCUT2D eigenvalue weighted by atomic mass is 16.3. The van der Waals surface area contributed by atoms with Gasteiger partial charge in [0, 0.05) is 18.8 Å². The zero-order chi connectivity index (χ0) is 11.0. The number of allylic oxidation sites excluding steroid dienone is 2. The minimum absolute atomic E-state index is 0.110. The standard InChI is InChI=1S/C11H18O3/c1-9(2)11(14)6-5-10(8-13)4-3-7-12/h7-8,10,14H,3-6H2,1-2H3. The maximum Gasteiger partial charge on any atom is 0.123 e. The lowest BCUT2D eigenvalue weighted by atomic mass is 9.98. The minimum Gasteiger partial charge on any atom is -0.512 e. The zero-order valence-electron chi connectivity index (χ0n) is 8.82. The molecule has 1 atom stereocenters. The molecule has 80 valence electrons. The molecule has 0 spiro atoms. The highest BCUT2D eigenvalue weighted by Gasteiger charge is 2.08. The van der Waals surface area contributed by atoms with Gasteiger partial charge in [0.2, 0.25) is 0 Å². The number of hydrogen-bond donors (Lipinski definition) is 1. The minimum atomic E-state index is -0.110. The summed E-state index contributed by atoms with van der Waals surface area (Å²) in [5, 5.41) is 9.39. The fraction of sp³-hybridized carbons (Fsp3) is 0.636. The molecular formula is C11H18O3. The molecule has 0 rings (SSSR count). The summed E-state index contributed by atoms with van der Waals surface area (Å²) < 4.78 is 0. The number of aliphatic hydroxyl groups is 1. The zero-order valence-corrected chi connectivity index (χ0v) is 8.82. The van der Waals surface area contributed by atoms with Crippen molar-refractivity contribution in [1.29, 1.82) is 0 Å². The Balaban J connectivity index is 3.89. The van der Waals surface area contributed by atoms with Gasteiger partial charge in [-0.3, -0.25) is 0 Å². The molecule has 1 N–H and O–H groups in total. The van der Waals surface area contributed by atoms with Crippen LogP contribution in [0, 0.1) is 5.92 Å². The van der Waals surface area contributed by atoms with E-state index in [1.165, 1.54) is 0 Å². The van der Waals surface area contributed by atoms with Gasteiger partial charge in [-0.25, -0.2) is 0 Å². The van der Waals surface area contributed by atoms with Crippen molar-refractivity contribution in [3.63, 3.8) is 0 Å². The average Bonchev–Trinajstić information content (AvgIpc) is 2.17. The monoisotopic (exact) mass is 198 g/mol. The van der Waals surface area contributed by atoms with Crippen LogP contribution in [0.5, 0.6) is 0 Å². The third-order valence-corrected chi connectivity index (χ3v) is 2.18. The predicted molar refractivity (Wildman–Crippen MR) is 55.1 cm³/mol. The van der Waals surface area contributed by atoms with Crippen LogP contribution in [0.15, 0.2) is 11.3 Å². The first-order valence-electron chi connectivity index (χ1n) is 4.86. The van der Waals surface area contributed by atoms with E-state index in [-0.39, 0.29) is 5.92 Å². The summed E-state index contributed by atoms with van der Waals surface area (Å²) in [5.41, 5.74) is 0.880. The van der Waals surface area contributed by atoms with E-state index in [2.05, 4.69) is 0 Å². The van der Waals surface area contributed by atoms with Crippen molar-refractivity contribution in [3.8, 4) is 0 Å². The number of rotatable bonds is 7. The first kappa shape index (κ1) is 12.9. The molecule has 0 amide bonds. The van der Waals surface area contributed by atoms with Crippen molar-refractivity contribution in [2.45, 2.75) is 39.5 Å². The summed E-state index contributed by atoms with van der Waals surface area (Å²) in [6.45, 7) is 3.66. The van der Waals surface area contributed by atoms with E-state index in [1.54, 1.807) is 0 Å². The molecule has 0 aliphatic rings. The second-order valence-corrected chi connectivity index (χ2v) is 3.63. The van der Waals surface area contributed by atoms with Gasteiger partial charge in [0.1, 0.15) is 12.6 Å². The van der Waals surface area contributed by atoms with Crippen LogP contribution in [0.4, 0.5) is 0 Å². The summed E-state index contributed by atoms with van der Waals surface area (Å²) in [4.78, 5) is 20.7. The largest absolute Gasteiger partial charge is 0.512 e. The van der Waals surface area contributed by atoms with Crippen LogP contribution in [0.25, 0.3) is 0 Å². The van der Waals surface area contributed by atoms with Gasteiger partial charge in [-0.05, 0) is 32.3 Å². The van der Waals surface area contributed by atoms with E-state index in [0.717, 1.165) is 18.1 Å². The Morgan fingerprint density at radius 1 is 1.29 bits per heavy atom. The van der Waals surface area contributed by atoms with Gasteiger partial charge in [0.25, 0.3) is 0 Å². The number of carbonyl (C=O) groups is 2. The van der Waals surface area contributed by atoms with Crippen LogP contribution in [0.1, 0.15) is 39.5 Å². The van der Waals surface area contributed by atoms with Gasteiger partial charge in [-0.15, -0.1) is 0 Å². The first-order valence-corrected chi connectivity index (χ1v) is 4.86. The Bertz CT molecular complexity index is 215. The van der Waals surface area contributed by atoms with Gasteiger partial charge in [0.05, 0.1) is 5.76 Å². The van der Waals surface area contributed by atoms with Crippen LogP contribution in [0.3, 0.4) is 0 Å². The van der Waals surface area contributed by atoms with Crippen molar-refractivity contribution in [3.05, 3.63) is 11.3 Å². The Labute approximate surface area is 84.8 Å². The molecular weight excluding hydrogens is 180 g/mol. The maximum absolute atomic E-state index is 10.6. The predicted octanol–water partition coefficient (Wildman–Crippen LogP) is 2.41. The van der Waals surface area contributed by atoms with Crippen molar-refractivity contribution >= 4 is 12.6 Å². The van der Waals surface area contributed by atoms with Gasteiger partial charge in [0.15, 0.2) is 0 Å². The van der Waals surface area contributed by atoms with Crippen LogP contribution < -0.4 is 0 Å². The Hall–Kier alpha value is -1.12. The molecule has 0 saturated carbocycles. The number of carbonyl (C=O) groups excluding carboxylic acids is 2. The van der Waals surface area contributed by atoms with Crippen molar-refractivity contribution in [2.75, 3.05) is 0 Å². The van der Waals surface area contributed by atoms with E-state index >= 15 is 0 Å². The quantitative estimate of drug-likeness (QED) is 0.505. The van der Waals surface area contributed by atoms with Crippen LogP contribution >= 0.6 is 0 Å². The molecule has 0 fully saturated rings. The third kappa shape index (κ3) is 5.51. The van der Waals surface area contributed by atoms with Crippen molar-refractivity contribution in [1.82, 2.24) is 0 Å². The lowest BCUT2D eigenvalue weighted by Crippen LogP contribution is -2.03. The van der Waals surface area contributed by atoms with Crippen LogP contribution in [0.2, 0.25) is 0 Å². The van der Waals surface area contributed by atoms with E-state index in [1.807, 2.05) is 13.8 Å². The fourth-order valence-electron chi connectivity index (χ4n) is 1.13. The van der Waals surface area contributed by atoms with Gasteiger partial charge in [-0.2, -0.15) is 0 Å². The van der Waals surface area contributed by atoms with Gasteiger partial charge < -0.3 is 14.7 Å². The van der Waals surface area contributed by atoms with Crippen LogP contribution in [-0.2, 0) is 9.59 Å². The molecule has 3 nitrogen and oxygen atoms in total. The second kappa shape index (κ2) is 7.30. The highest BCUT2D eigenvalue weighted by Crippen LogP contribution is 2.15. The highest BCUT2D eigenvalue weighted by molar-refractivity contribution is 5.55. The molecule has 0 aliphatic heterocycles. The van der Waals surface area contributed by atoms with Gasteiger partial charge >= 0.3 is 0 Å². The third-order valence-electron chi connectivity index (χ3n) is 2.18. The molecule has 0 aromatic rings. The SMILES string of the molecule is CC(C)=C(O)CCC(C=O)CCC=O. The summed E-state index contributed by atoms with van der Waals surface area (Å²) in [7, 11) is 0. The fourth-order valence-corrected chi connectivity index (χ4v) is 1.13. The lowest BCUT2D eigenvalue weighted by Gasteiger charge is -2.08. The molecule has 14 heavy (non-hydrogen) atoms. The van der Waals surface area contributed by atoms with E-state index in [0.29, 0.717) is 31.4 Å². The van der Waals surface area contributed by atoms with E-state index in [4.69, 9.17) is 0 Å². The first-order chi connectivity index (χ1) is 6.61. The van der Waals surface area contributed by atoms with Crippen molar-refractivity contribution < 1.29 is 14.7 Å². The van der Waals surface area contributed by atoms with Crippen LogP contribution in [-0.4, -0.2) is 17.7 Å². The summed E-state index contributed by atoms with van der Waals surface area (Å²) in [6.07, 6.45) is 3.82. The topological polar surface area (TPSA) is 54.4 Å². The molecule has 0 aromatic carbocycles. The molecule has 0 bridgehead atoms. The molecule has 0 saturated heterocycles. The smallest absolute Gasteiger partial charge is 0.123 e. The molecule has 0 heterocycles.